The Hall–Kier alpha value is -0.470. The smallest absolute Gasteiger partial charge is 0.0374 e. The lowest BCUT2D eigenvalue weighted by molar-refractivity contribution is 0.210. The van der Waals surface area contributed by atoms with Gasteiger partial charge in [-0.2, -0.15) is 11.8 Å². The van der Waals surface area contributed by atoms with Crippen molar-refractivity contribution in [3.63, 3.8) is 0 Å². The summed E-state index contributed by atoms with van der Waals surface area (Å²) in [5, 5.41) is 3.79. The van der Waals surface area contributed by atoms with Crippen LogP contribution in [0.1, 0.15) is 43.9 Å². The van der Waals surface area contributed by atoms with Crippen LogP contribution in [-0.4, -0.2) is 18.6 Å². The molecule has 1 nitrogen and oxygen atoms in total. The molecule has 0 fully saturated rings. The standard InChI is InChI=1S/C16H25NS/c1-16(2)10-9-13-7-4-5-8-14(13)15(16)17-11-6-12-18-3/h4-5,7-8,15,17H,6,9-12H2,1-3H3. The summed E-state index contributed by atoms with van der Waals surface area (Å²) in [6.45, 7) is 5.92. The predicted molar refractivity (Wildman–Crippen MR) is 82.3 cm³/mol. The summed E-state index contributed by atoms with van der Waals surface area (Å²) >= 11 is 1.93. The van der Waals surface area contributed by atoms with Crippen molar-refractivity contribution in [3.05, 3.63) is 35.4 Å². The molecule has 1 N–H and O–H groups in total. The number of hydrogen-bond donors (Lipinski definition) is 1. The normalized spacial score (nSPS) is 21.6. The van der Waals surface area contributed by atoms with Crippen LogP contribution in [0, 0.1) is 5.41 Å². The van der Waals surface area contributed by atoms with E-state index >= 15 is 0 Å². The van der Waals surface area contributed by atoms with Crippen molar-refractivity contribution in [2.24, 2.45) is 5.41 Å². The summed E-state index contributed by atoms with van der Waals surface area (Å²) in [4.78, 5) is 0. The molecule has 1 aromatic carbocycles. The molecule has 0 aliphatic heterocycles. The Labute approximate surface area is 116 Å². The van der Waals surface area contributed by atoms with E-state index in [1.165, 1.54) is 30.6 Å². The fraction of sp³-hybridized carbons (Fsp3) is 0.625. The van der Waals surface area contributed by atoms with E-state index in [2.05, 4.69) is 49.7 Å². The molecule has 1 atom stereocenters. The fourth-order valence-corrected chi connectivity index (χ4v) is 3.35. The minimum Gasteiger partial charge on any atom is -0.309 e. The third-order valence-corrected chi connectivity index (χ3v) is 4.76. The predicted octanol–water partition coefficient (Wildman–Crippen LogP) is 4.04. The van der Waals surface area contributed by atoms with Gasteiger partial charge in [0, 0.05) is 6.04 Å². The van der Waals surface area contributed by atoms with Crippen LogP contribution in [0.5, 0.6) is 0 Å². The van der Waals surface area contributed by atoms with Gasteiger partial charge >= 0.3 is 0 Å². The molecule has 1 aliphatic rings. The molecule has 2 heteroatoms. The van der Waals surface area contributed by atoms with E-state index in [1.807, 2.05) is 11.8 Å². The lowest BCUT2D eigenvalue weighted by Crippen LogP contribution is -2.38. The first kappa shape index (κ1) is 14.0. The van der Waals surface area contributed by atoms with E-state index in [0.29, 0.717) is 11.5 Å². The van der Waals surface area contributed by atoms with Crippen LogP contribution in [0.25, 0.3) is 0 Å². The first-order valence-electron chi connectivity index (χ1n) is 6.95. The number of thioether (sulfide) groups is 1. The van der Waals surface area contributed by atoms with Crippen LogP contribution >= 0.6 is 11.8 Å². The molecule has 1 aromatic rings. The van der Waals surface area contributed by atoms with Gasteiger partial charge in [0.15, 0.2) is 0 Å². The molecule has 0 saturated carbocycles. The molecule has 0 bridgehead atoms. The number of aryl methyl sites for hydroxylation is 1. The zero-order valence-corrected chi connectivity index (χ0v) is 12.6. The van der Waals surface area contributed by atoms with Crippen molar-refractivity contribution in [3.8, 4) is 0 Å². The highest BCUT2D eigenvalue weighted by Gasteiger charge is 2.34. The Morgan fingerprint density at radius 1 is 1.33 bits per heavy atom. The Balaban J connectivity index is 2.09. The largest absolute Gasteiger partial charge is 0.309 e. The van der Waals surface area contributed by atoms with Gasteiger partial charge in [0.2, 0.25) is 0 Å². The van der Waals surface area contributed by atoms with Crippen molar-refractivity contribution in [1.82, 2.24) is 5.32 Å². The summed E-state index contributed by atoms with van der Waals surface area (Å²) in [6.07, 6.45) is 5.95. The van der Waals surface area contributed by atoms with E-state index in [1.54, 1.807) is 5.56 Å². The van der Waals surface area contributed by atoms with E-state index in [4.69, 9.17) is 0 Å². The first-order chi connectivity index (χ1) is 8.65. The molecule has 100 valence electrons. The molecule has 0 saturated heterocycles. The number of rotatable bonds is 5. The molecule has 1 unspecified atom stereocenters. The summed E-state index contributed by atoms with van der Waals surface area (Å²) in [7, 11) is 0. The summed E-state index contributed by atoms with van der Waals surface area (Å²) in [5.41, 5.74) is 3.44. The van der Waals surface area contributed by atoms with Gasteiger partial charge in [-0.05, 0) is 54.4 Å². The highest BCUT2D eigenvalue weighted by atomic mass is 32.2. The average molecular weight is 263 g/mol. The molecule has 0 radical (unpaired) electrons. The Morgan fingerprint density at radius 2 is 2.11 bits per heavy atom. The zero-order chi connectivity index (χ0) is 13.0. The van der Waals surface area contributed by atoms with Crippen molar-refractivity contribution < 1.29 is 0 Å². The highest BCUT2D eigenvalue weighted by molar-refractivity contribution is 7.98. The third kappa shape index (κ3) is 3.10. The van der Waals surface area contributed by atoms with Crippen LogP contribution in [-0.2, 0) is 6.42 Å². The monoisotopic (exact) mass is 263 g/mol. The van der Waals surface area contributed by atoms with Crippen LogP contribution in [0.3, 0.4) is 0 Å². The van der Waals surface area contributed by atoms with E-state index < -0.39 is 0 Å². The lowest BCUT2D eigenvalue weighted by atomic mass is 9.70. The fourth-order valence-electron chi connectivity index (χ4n) is 2.91. The number of hydrogen-bond acceptors (Lipinski definition) is 2. The SMILES string of the molecule is CSCCCNC1c2ccccc2CCC1(C)C. The van der Waals surface area contributed by atoms with Gasteiger partial charge in [-0.3, -0.25) is 0 Å². The summed E-state index contributed by atoms with van der Waals surface area (Å²) in [5.74, 6) is 1.25. The molecule has 0 heterocycles. The van der Waals surface area contributed by atoms with Gasteiger partial charge < -0.3 is 5.32 Å². The molecule has 18 heavy (non-hydrogen) atoms. The highest BCUT2D eigenvalue weighted by Crippen LogP contribution is 2.43. The summed E-state index contributed by atoms with van der Waals surface area (Å²) in [6, 6.07) is 9.46. The average Bonchev–Trinajstić information content (AvgIpc) is 2.36. The maximum atomic E-state index is 3.79. The van der Waals surface area contributed by atoms with Gasteiger partial charge in [-0.25, -0.2) is 0 Å². The van der Waals surface area contributed by atoms with Crippen molar-refractivity contribution in [2.75, 3.05) is 18.6 Å². The second-order valence-corrected chi connectivity index (χ2v) is 6.91. The van der Waals surface area contributed by atoms with Crippen molar-refractivity contribution >= 4 is 11.8 Å². The molecule has 0 aromatic heterocycles. The molecular formula is C16H25NS. The maximum absolute atomic E-state index is 3.79. The van der Waals surface area contributed by atoms with E-state index in [0.717, 1.165) is 6.54 Å². The maximum Gasteiger partial charge on any atom is 0.0374 e. The molecule has 2 rings (SSSR count). The lowest BCUT2D eigenvalue weighted by Gasteiger charge is -2.40. The molecule has 1 aliphatic carbocycles. The van der Waals surface area contributed by atoms with Crippen LogP contribution in [0.15, 0.2) is 24.3 Å². The Morgan fingerprint density at radius 3 is 2.89 bits per heavy atom. The first-order valence-corrected chi connectivity index (χ1v) is 8.34. The van der Waals surface area contributed by atoms with Gasteiger partial charge in [-0.1, -0.05) is 38.1 Å². The number of nitrogens with one attached hydrogen (secondary N) is 1. The summed E-state index contributed by atoms with van der Waals surface area (Å²) < 4.78 is 0. The Kier molecular flexibility index (Phi) is 4.74. The van der Waals surface area contributed by atoms with Gasteiger partial charge in [-0.15, -0.1) is 0 Å². The minimum absolute atomic E-state index is 0.369. The number of fused-ring (bicyclic) bond motifs is 1. The third-order valence-electron chi connectivity index (χ3n) is 4.06. The quantitative estimate of drug-likeness (QED) is 0.805. The van der Waals surface area contributed by atoms with Gasteiger partial charge in [0.25, 0.3) is 0 Å². The van der Waals surface area contributed by atoms with E-state index in [-0.39, 0.29) is 0 Å². The molecule has 0 spiro atoms. The molecular weight excluding hydrogens is 238 g/mol. The second-order valence-electron chi connectivity index (χ2n) is 5.92. The van der Waals surface area contributed by atoms with E-state index in [9.17, 15) is 0 Å². The van der Waals surface area contributed by atoms with Crippen molar-refractivity contribution in [2.45, 2.75) is 39.2 Å². The van der Waals surface area contributed by atoms with Crippen LogP contribution in [0.2, 0.25) is 0 Å². The second kappa shape index (κ2) is 6.12. The molecule has 0 amide bonds. The minimum atomic E-state index is 0.369. The zero-order valence-electron chi connectivity index (χ0n) is 11.8. The number of benzene rings is 1. The van der Waals surface area contributed by atoms with Crippen LogP contribution < -0.4 is 5.32 Å². The van der Waals surface area contributed by atoms with Gasteiger partial charge in [0.1, 0.15) is 0 Å². The van der Waals surface area contributed by atoms with Crippen molar-refractivity contribution in [1.29, 1.82) is 0 Å². The van der Waals surface area contributed by atoms with Crippen LogP contribution in [0.4, 0.5) is 0 Å². The topological polar surface area (TPSA) is 12.0 Å². The Bertz CT molecular complexity index is 386. The van der Waals surface area contributed by atoms with Gasteiger partial charge in [0.05, 0.1) is 0 Å².